The van der Waals surface area contributed by atoms with E-state index in [4.69, 9.17) is 4.74 Å². The van der Waals surface area contributed by atoms with E-state index in [9.17, 15) is 4.79 Å². The molecule has 0 radical (unpaired) electrons. The van der Waals surface area contributed by atoms with Gasteiger partial charge in [0, 0.05) is 63.9 Å². The van der Waals surface area contributed by atoms with Crippen LogP contribution in [0.1, 0.15) is 36.2 Å². The Morgan fingerprint density at radius 1 is 1.20 bits per heavy atom. The summed E-state index contributed by atoms with van der Waals surface area (Å²) in [5, 5.41) is 4.67. The number of carbonyl (C=O) groups is 1. The van der Waals surface area contributed by atoms with Crippen LogP contribution in [0.15, 0.2) is 30.5 Å². The SMILES string of the molecule is CC(=O)n1cc([C@@H](C2CCOCC2)N2CCNCC2)c2ccccc21. The Labute approximate surface area is 148 Å². The molecule has 0 spiro atoms. The molecule has 2 aromatic rings. The van der Waals surface area contributed by atoms with Gasteiger partial charge in [-0.05, 0) is 30.4 Å². The topological polar surface area (TPSA) is 46.5 Å². The van der Waals surface area contributed by atoms with Gasteiger partial charge >= 0.3 is 0 Å². The van der Waals surface area contributed by atoms with Crippen molar-refractivity contribution in [1.82, 2.24) is 14.8 Å². The van der Waals surface area contributed by atoms with E-state index in [0.29, 0.717) is 12.0 Å². The molecular weight excluding hydrogens is 314 g/mol. The van der Waals surface area contributed by atoms with E-state index in [2.05, 4.69) is 34.6 Å². The number of piperazine rings is 1. The second-order valence-corrected chi connectivity index (χ2v) is 7.17. The highest BCUT2D eigenvalue weighted by molar-refractivity contribution is 5.93. The Kier molecular flexibility index (Phi) is 4.88. The summed E-state index contributed by atoms with van der Waals surface area (Å²) in [7, 11) is 0. The summed E-state index contributed by atoms with van der Waals surface area (Å²) < 4.78 is 7.43. The van der Waals surface area contributed by atoms with E-state index in [1.807, 2.05) is 10.6 Å². The molecule has 5 heteroatoms. The van der Waals surface area contributed by atoms with E-state index in [0.717, 1.165) is 57.8 Å². The largest absolute Gasteiger partial charge is 0.381 e. The molecule has 1 N–H and O–H groups in total. The molecule has 0 amide bonds. The first-order valence-corrected chi connectivity index (χ1v) is 9.39. The van der Waals surface area contributed by atoms with Crippen LogP contribution in [-0.2, 0) is 4.74 Å². The van der Waals surface area contributed by atoms with Crippen LogP contribution in [0, 0.1) is 5.92 Å². The van der Waals surface area contributed by atoms with Crippen LogP contribution in [0.5, 0.6) is 0 Å². The Balaban J connectivity index is 1.80. The van der Waals surface area contributed by atoms with Gasteiger partial charge in [-0.1, -0.05) is 18.2 Å². The molecule has 2 aliphatic rings. The highest BCUT2D eigenvalue weighted by atomic mass is 16.5. The van der Waals surface area contributed by atoms with Crippen molar-refractivity contribution >= 4 is 16.8 Å². The van der Waals surface area contributed by atoms with Crippen molar-refractivity contribution in [3.63, 3.8) is 0 Å². The Morgan fingerprint density at radius 2 is 1.92 bits per heavy atom. The van der Waals surface area contributed by atoms with Gasteiger partial charge in [-0.2, -0.15) is 0 Å². The number of para-hydroxylation sites is 1. The minimum absolute atomic E-state index is 0.0773. The third-order valence-electron chi connectivity index (χ3n) is 5.66. The summed E-state index contributed by atoms with van der Waals surface area (Å²) in [4.78, 5) is 14.8. The van der Waals surface area contributed by atoms with Crippen molar-refractivity contribution in [3.05, 3.63) is 36.0 Å². The minimum atomic E-state index is 0.0773. The van der Waals surface area contributed by atoms with Crippen LogP contribution in [0.3, 0.4) is 0 Å². The van der Waals surface area contributed by atoms with Gasteiger partial charge < -0.3 is 10.1 Å². The standard InChI is InChI=1S/C20H27N3O2/c1-15(24)23-14-18(17-4-2-3-5-19(17)23)20(16-6-12-25-13-7-16)22-10-8-21-9-11-22/h2-5,14,16,20-21H,6-13H2,1H3/t20-/m1/s1. The lowest BCUT2D eigenvalue weighted by molar-refractivity contribution is 0.0216. The van der Waals surface area contributed by atoms with Crippen molar-refractivity contribution in [2.75, 3.05) is 39.4 Å². The van der Waals surface area contributed by atoms with Gasteiger partial charge in [0.1, 0.15) is 0 Å². The number of rotatable bonds is 3. The summed E-state index contributed by atoms with van der Waals surface area (Å²) >= 11 is 0. The van der Waals surface area contributed by atoms with Crippen molar-refractivity contribution < 1.29 is 9.53 Å². The lowest BCUT2D eigenvalue weighted by Gasteiger charge is -2.40. The lowest BCUT2D eigenvalue weighted by Crippen LogP contribution is -2.47. The number of aromatic nitrogens is 1. The molecule has 2 fully saturated rings. The van der Waals surface area contributed by atoms with Crippen LogP contribution in [-0.4, -0.2) is 54.8 Å². The summed E-state index contributed by atoms with van der Waals surface area (Å²) in [6.45, 7) is 7.51. The molecule has 0 unspecified atom stereocenters. The number of fused-ring (bicyclic) bond motifs is 1. The van der Waals surface area contributed by atoms with Gasteiger partial charge in [0.15, 0.2) is 0 Å². The normalized spacial score (nSPS) is 21.5. The quantitative estimate of drug-likeness (QED) is 0.932. The van der Waals surface area contributed by atoms with Crippen LogP contribution >= 0.6 is 0 Å². The molecule has 134 valence electrons. The molecule has 5 nitrogen and oxygen atoms in total. The molecule has 4 rings (SSSR count). The van der Waals surface area contributed by atoms with Gasteiger partial charge in [-0.25, -0.2) is 0 Å². The van der Waals surface area contributed by atoms with Crippen molar-refractivity contribution in [3.8, 4) is 0 Å². The number of benzene rings is 1. The average molecular weight is 341 g/mol. The molecule has 3 heterocycles. The Bertz CT molecular complexity index is 724. The predicted octanol–water partition coefficient (Wildman–Crippen LogP) is 2.67. The third-order valence-corrected chi connectivity index (χ3v) is 5.66. The summed E-state index contributed by atoms with van der Waals surface area (Å²) in [5.41, 5.74) is 2.33. The van der Waals surface area contributed by atoms with E-state index in [-0.39, 0.29) is 5.91 Å². The highest BCUT2D eigenvalue weighted by Gasteiger charge is 2.33. The second kappa shape index (κ2) is 7.28. The number of ether oxygens (including phenoxy) is 1. The molecule has 1 atom stereocenters. The predicted molar refractivity (Wildman–Crippen MR) is 99.0 cm³/mol. The fourth-order valence-electron chi connectivity index (χ4n) is 4.44. The molecule has 0 bridgehead atoms. The Morgan fingerprint density at radius 3 is 2.64 bits per heavy atom. The number of hydrogen-bond acceptors (Lipinski definition) is 4. The number of nitrogens with one attached hydrogen (secondary N) is 1. The fourth-order valence-corrected chi connectivity index (χ4v) is 4.44. The molecule has 1 aromatic carbocycles. The number of hydrogen-bond donors (Lipinski definition) is 1. The molecule has 1 aromatic heterocycles. The highest BCUT2D eigenvalue weighted by Crippen LogP contribution is 2.39. The maximum Gasteiger partial charge on any atom is 0.227 e. The van der Waals surface area contributed by atoms with Gasteiger partial charge in [0.05, 0.1) is 5.52 Å². The summed E-state index contributed by atoms with van der Waals surface area (Å²) in [6.07, 6.45) is 4.28. The van der Waals surface area contributed by atoms with Gasteiger partial charge in [0.2, 0.25) is 5.91 Å². The van der Waals surface area contributed by atoms with Gasteiger partial charge in [-0.3, -0.25) is 14.3 Å². The maximum atomic E-state index is 12.2. The number of carbonyl (C=O) groups excluding carboxylic acids is 1. The molecular formula is C20H27N3O2. The van der Waals surface area contributed by atoms with Crippen LogP contribution in [0.25, 0.3) is 10.9 Å². The van der Waals surface area contributed by atoms with E-state index >= 15 is 0 Å². The van der Waals surface area contributed by atoms with Crippen LogP contribution in [0.4, 0.5) is 0 Å². The van der Waals surface area contributed by atoms with Crippen molar-refractivity contribution in [2.45, 2.75) is 25.8 Å². The Hall–Kier alpha value is -1.69. The zero-order valence-corrected chi connectivity index (χ0v) is 14.9. The van der Waals surface area contributed by atoms with Gasteiger partial charge in [0.25, 0.3) is 0 Å². The zero-order chi connectivity index (χ0) is 17.2. The van der Waals surface area contributed by atoms with Crippen LogP contribution < -0.4 is 5.32 Å². The molecule has 2 aliphatic heterocycles. The average Bonchev–Trinajstić information content (AvgIpc) is 3.04. The van der Waals surface area contributed by atoms with Crippen molar-refractivity contribution in [1.29, 1.82) is 0 Å². The molecule has 0 aliphatic carbocycles. The first-order valence-electron chi connectivity index (χ1n) is 9.39. The minimum Gasteiger partial charge on any atom is -0.381 e. The molecule has 2 saturated heterocycles. The fraction of sp³-hybridized carbons (Fsp3) is 0.550. The summed E-state index contributed by atoms with van der Waals surface area (Å²) in [6, 6.07) is 8.67. The van der Waals surface area contributed by atoms with E-state index < -0.39 is 0 Å². The first kappa shape index (κ1) is 16.8. The first-order chi connectivity index (χ1) is 12.3. The number of nitrogens with zero attached hydrogens (tertiary/aromatic N) is 2. The summed E-state index contributed by atoms with van der Waals surface area (Å²) in [5.74, 6) is 0.659. The smallest absolute Gasteiger partial charge is 0.227 e. The third kappa shape index (κ3) is 3.24. The lowest BCUT2D eigenvalue weighted by atomic mass is 9.85. The molecule has 0 saturated carbocycles. The van der Waals surface area contributed by atoms with Gasteiger partial charge in [-0.15, -0.1) is 0 Å². The molecule has 25 heavy (non-hydrogen) atoms. The van der Waals surface area contributed by atoms with E-state index in [1.165, 1.54) is 10.9 Å². The monoisotopic (exact) mass is 341 g/mol. The maximum absolute atomic E-state index is 12.2. The van der Waals surface area contributed by atoms with Crippen molar-refractivity contribution in [2.24, 2.45) is 5.92 Å². The second-order valence-electron chi connectivity index (χ2n) is 7.17. The zero-order valence-electron chi connectivity index (χ0n) is 14.9. The van der Waals surface area contributed by atoms with E-state index in [1.54, 1.807) is 6.92 Å². The van der Waals surface area contributed by atoms with Crippen LogP contribution in [0.2, 0.25) is 0 Å².